The first-order valence-electron chi connectivity index (χ1n) is 10.3. The first kappa shape index (κ1) is 22.1. The molecule has 164 valence electrons. The van der Waals surface area contributed by atoms with E-state index >= 15 is 0 Å². The molecule has 4 aromatic rings. The van der Waals surface area contributed by atoms with Crippen LogP contribution in [0.2, 0.25) is 0 Å². The van der Waals surface area contributed by atoms with E-state index in [1.807, 2.05) is 43.3 Å². The maximum atomic E-state index is 13.4. The number of rotatable bonds is 7. The maximum Gasteiger partial charge on any atom is 0.233 e. The molecule has 0 atom stereocenters. The number of sulfone groups is 1. The molecule has 0 spiro atoms. The number of para-hydroxylation sites is 1. The number of carbonyl (C=O) groups is 1. The molecule has 0 fully saturated rings. The van der Waals surface area contributed by atoms with Gasteiger partial charge in [-0.05, 0) is 48.4 Å². The van der Waals surface area contributed by atoms with Crippen molar-refractivity contribution in [1.29, 1.82) is 0 Å². The predicted molar refractivity (Wildman–Crippen MR) is 128 cm³/mol. The van der Waals surface area contributed by atoms with Crippen LogP contribution < -0.4 is 4.90 Å². The molecule has 4 rings (SSSR count). The van der Waals surface area contributed by atoms with E-state index in [1.165, 1.54) is 11.3 Å². The standard InChI is InChI=1S/C24H23N3O3S2/c1-3-32(29,30)20-12-10-18(11-13-20)15-22(28)27(16-19-8-4-5-14-25-19)24-26-23-17(2)7-6-9-21(23)31-24/h4-14H,3,15-16H2,1-2H3. The van der Waals surface area contributed by atoms with Gasteiger partial charge in [0.15, 0.2) is 15.0 Å². The molecule has 0 aliphatic carbocycles. The van der Waals surface area contributed by atoms with Crippen molar-refractivity contribution >= 4 is 42.4 Å². The van der Waals surface area contributed by atoms with Crippen molar-refractivity contribution in [2.45, 2.75) is 31.7 Å². The highest BCUT2D eigenvalue weighted by atomic mass is 32.2. The van der Waals surface area contributed by atoms with Crippen molar-refractivity contribution in [2.75, 3.05) is 10.7 Å². The summed E-state index contributed by atoms with van der Waals surface area (Å²) in [4.78, 5) is 24.4. The minimum Gasteiger partial charge on any atom is -0.282 e. The number of benzene rings is 2. The zero-order valence-electron chi connectivity index (χ0n) is 17.9. The number of fused-ring (bicyclic) bond motifs is 1. The van der Waals surface area contributed by atoms with Gasteiger partial charge in [0.05, 0.1) is 39.5 Å². The van der Waals surface area contributed by atoms with Crippen LogP contribution in [0.3, 0.4) is 0 Å². The molecule has 0 bridgehead atoms. The van der Waals surface area contributed by atoms with Crippen molar-refractivity contribution in [3.05, 3.63) is 83.7 Å². The van der Waals surface area contributed by atoms with Gasteiger partial charge in [-0.15, -0.1) is 0 Å². The summed E-state index contributed by atoms with van der Waals surface area (Å²) in [5, 5.41) is 0.620. The molecule has 0 N–H and O–H groups in total. The van der Waals surface area contributed by atoms with E-state index in [0.29, 0.717) is 11.7 Å². The van der Waals surface area contributed by atoms with E-state index in [1.54, 1.807) is 42.3 Å². The van der Waals surface area contributed by atoms with Crippen molar-refractivity contribution in [3.8, 4) is 0 Å². The number of aryl methyl sites for hydroxylation is 1. The van der Waals surface area contributed by atoms with Gasteiger partial charge in [-0.25, -0.2) is 13.4 Å². The van der Waals surface area contributed by atoms with E-state index < -0.39 is 9.84 Å². The topological polar surface area (TPSA) is 80.2 Å². The Balaban J connectivity index is 1.64. The Morgan fingerprint density at radius 1 is 1.03 bits per heavy atom. The smallest absolute Gasteiger partial charge is 0.233 e. The van der Waals surface area contributed by atoms with Gasteiger partial charge in [0.25, 0.3) is 0 Å². The van der Waals surface area contributed by atoms with Crippen molar-refractivity contribution < 1.29 is 13.2 Å². The number of aromatic nitrogens is 2. The second-order valence-corrected chi connectivity index (χ2v) is 10.7. The first-order chi connectivity index (χ1) is 15.4. The van der Waals surface area contributed by atoms with Gasteiger partial charge in [-0.2, -0.15) is 0 Å². The van der Waals surface area contributed by atoms with E-state index in [4.69, 9.17) is 4.98 Å². The lowest BCUT2D eigenvalue weighted by Gasteiger charge is -2.19. The van der Waals surface area contributed by atoms with Gasteiger partial charge in [-0.3, -0.25) is 14.7 Å². The lowest BCUT2D eigenvalue weighted by molar-refractivity contribution is -0.118. The molecule has 0 saturated heterocycles. The molecule has 2 aromatic heterocycles. The zero-order chi connectivity index (χ0) is 22.7. The van der Waals surface area contributed by atoms with Crippen molar-refractivity contribution in [3.63, 3.8) is 0 Å². The molecular weight excluding hydrogens is 442 g/mol. The molecular formula is C24H23N3O3S2. The third-order valence-electron chi connectivity index (χ3n) is 5.21. The fourth-order valence-electron chi connectivity index (χ4n) is 3.36. The number of carbonyl (C=O) groups excluding carboxylic acids is 1. The van der Waals surface area contributed by atoms with Gasteiger partial charge in [0, 0.05) is 6.20 Å². The van der Waals surface area contributed by atoms with Crippen LogP contribution in [0.1, 0.15) is 23.7 Å². The number of thiazole rings is 1. The number of pyridine rings is 1. The monoisotopic (exact) mass is 465 g/mol. The quantitative estimate of drug-likeness (QED) is 0.399. The number of amides is 1. The molecule has 2 heterocycles. The molecule has 1 amide bonds. The first-order valence-corrected chi connectivity index (χ1v) is 12.7. The minimum atomic E-state index is -3.27. The van der Waals surface area contributed by atoms with E-state index in [9.17, 15) is 13.2 Å². The number of hydrogen-bond donors (Lipinski definition) is 0. The van der Waals surface area contributed by atoms with Gasteiger partial charge in [-0.1, -0.05) is 48.6 Å². The highest BCUT2D eigenvalue weighted by molar-refractivity contribution is 7.91. The summed E-state index contributed by atoms with van der Waals surface area (Å²) in [6, 6.07) is 18.1. The number of nitrogens with zero attached hydrogens (tertiary/aromatic N) is 3. The molecule has 0 aliphatic heterocycles. The molecule has 32 heavy (non-hydrogen) atoms. The number of anilines is 1. The molecule has 0 radical (unpaired) electrons. The molecule has 0 saturated carbocycles. The van der Waals surface area contributed by atoms with E-state index in [0.717, 1.165) is 27.0 Å². The average Bonchev–Trinajstić information content (AvgIpc) is 3.24. The van der Waals surface area contributed by atoms with Crippen LogP contribution in [-0.2, 0) is 27.6 Å². The minimum absolute atomic E-state index is 0.0418. The van der Waals surface area contributed by atoms with Gasteiger partial charge in [0.1, 0.15) is 0 Å². The fraction of sp³-hybridized carbons (Fsp3) is 0.208. The second kappa shape index (κ2) is 9.18. The second-order valence-electron chi connectivity index (χ2n) is 7.44. The van der Waals surface area contributed by atoms with E-state index in [2.05, 4.69) is 4.98 Å². The Labute approximate surface area is 191 Å². The normalized spacial score (nSPS) is 11.6. The van der Waals surface area contributed by atoms with Gasteiger partial charge >= 0.3 is 0 Å². The largest absolute Gasteiger partial charge is 0.282 e. The Hall–Kier alpha value is -3.10. The molecule has 0 unspecified atom stereocenters. The molecule has 2 aromatic carbocycles. The van der Waals surface area contributed by atoms with Crippen LogP contribution in [0.4, 0.5) is 5.13 Å². The van der Waals surface area contributed by atoms with Crippen LogP contribution in [0.5, 0.6) is 0 Å². The van der Waals surface area contributed by atoms with Crippen LogP contribution in [0.15, 0.2) is 71.8 Å². The van der Waals surface area contributed by atoms with Gasteiger partial charge in [0.2, 0.25) is 5.91 Å². The zero-order valence-corrected chi connectivity index (χ0v) is 19.5. The highest BCUT2D eigenvalue weighted by Crippen LogP contribution is 2.31. The third kappa shape index (κ3) is 4.71. The summed E-state index contributed by atoms with van der Waals surface area (Å²) in [6.07, 6.45) is 1.83. The van der Waals surface area contributed by atoms with E-state index in [-0.39, 0.29) is 23.0 Å². The summed E-state index contributed by atoms with van der Waals surface area (Å²) < 4.78 is 25.1. The maximum absolute atomic E-state index is 13.4. The summed E-state index contributed by atoms with van der Waals surface area (Å²) in [5.41, 5.74) is 3.46. The van der Waals surface area contributed by atoms with Crippen molar-refractivity contribution in [1.82, 2.24) is 9.97 Å². The van der Waals surface area contributed by atoms with Crippen molar-refractivity contribution in [2.24, 2.45) is 0 Å². The summed E-state index contributed by atoms with van der Waals surface area (Å²) in [5.74, 6) is -0.0846. The Morgan fingerprint density at radius 2 is 1.81 bits per heavy atom. The van der Waals surface area contributed by atoms with Gasteiger partial charge < -0.3 is 0 Å². The summed E-state index contributed by atoms with van der Waals surface area (Å²) in [7, 11) is -3.27. The third-order valence-corrected chi connectivity index (χ3v) is 8.00. The molecule has 6 nitrogen and oxygen atoms in total. The lowest BCUT2D eigenvalue weighted by atomic mass is 10.1. The van der Waals surface area contributed by atoms with Crippen LogP contribution >= 0.6 is 11.3 Å². The lowest BCUT2D eigenvalue weighted by Crippen LogP contribution is -2.32. The van der Waals surface area contributed by atoms with Crippen LogP contribution in [0, 0.1) is 6.92 Å². The van der Waals surface area contributed by atoms with Crippen LogP contribution in [0.25, 0.3) is 10.2 Å². The summed E-state index contributed by atoms with van der Waals surface area (Å²) >= 11 is 1.47. The fourth-order valence-corrected chi connectivity index (χ4v) is 5.30. The SMILES string of the molecule is CCS(=O)(=O)c1ccc(CC(=O)N(Cc2ccccn2)c2nc3c(C)cccc3s2)cc1. The molecule has 8 heteroatoms. The highest BCUT2D eigenvalue weighted by Gasteiger charge is 2.22. The molecule has 0 aliphatic rings. The van der Waals surface area contributed by atoms with Crippen LogP contribution in [-0.4, -0.2) is 30.0 Å². The Bertz CT molecular complexity index is 1350. The average molecular weight is 466 g/mol. The summed E-state index contributed by atoms with van der Waals surface area (Å²) in [6.45, 7) is 3.92. The number of hydrogen-bond acceptors (Lipinski definition) is 6. The predicted octanol–water partition coefficient (Wildman–Crippen LogP) is 4.57. The Kier molecular flexibility index (Phi) is 6.34. The Morgan fingerprint density at radius 3 is 2.47 bits per heavy atom.